The molecule has 10 heteroatoms. The highest BCUT2D eigenvalue weighted by Gasteiger charge is 2.20. The van der Waals surface area contributed by atoms with Crippen molar-refractivity contribution in [2.24, 2.45) is 23.2 Å². The number of nitrogens with two attached hydrogens (primary N) is 4. The van der Waals surface area contributed by atoms with Crippen LogP contribution in [-0.4, -0.2) is 17.2 Å². The lowest BCUT2D eigenvalue weighted by Crippen LogP contribution is -2.43. The summed E-state index contributed by atoms with van der Waals surface area (Å²) in [6, 6.07) is 7.82. The molecule has 3 rings (SSSR count). The number of benzene rings is 2. The van der Waals surface area contributed by atoms with E-state index < -0.39 is 23.0 Å². The van der Waals surface area contributed by atoms with Gasteiger partial charge in [-0.1, -0.05) is 12.2 Å². The minimum Gasteiger partial charge on any atom is -0.507 e. The molecule has 146 valence electrons. The van der Waals surface area contributed by atoms with Gasteiger partial charge in [0.1, 0.15) is 5.75 Å². The molecule has 0 atom stereocenters. The Labute approximate surface area is 163 Å². The van der Waals surface area contributed by atoms with Gasteiger partial charge in [-0.25, -0.2) is 31.3 Å². The minimum atomic E-state index is -0.893. The number of thiol groups is 1. The first-order valence-electron chi connectivity index (χ1n) is 8.09. The molecule has 1 aliphatic rings. The fraction of sp³-hybridized carbons (Fsp3) is 0. The molecule has 0 spiro atoms. The number of anilines is 2. The molecular weight excluding hydrogens is 380 g/mol. The summed E-state index contributed by atoms with van der Waals surface area (Å²) in [7, 11) is -0.645. The highest BCUT2D eigenvalue weighted by atomic mass is 32.2. The van der Waals surface area contributed by atoms with Crippen molar-refractivity contribution < 1.29 is 14.7 Å². The number of primary amides is 2. The van der Waals surface area contributed by atoms with E-state index in [1.54, 1.807) is 12.1 Å². The predicted molar refractivity (Wildman–Crippen MR) is 112 cm³/mol. The summed E-state index contributed by atoms with van der Waals surface area (Å²) in [4.78, 5) is 24.0. The molecule has 0 fully saturated rings. The number of aromatic hydroxyl groups is 1. The van der Waals surface area contributed by atoms with Crippen LogP contribution in [0.5, 0.6) is 5.75 Å². The van der Waals surface area contributed by atoms with Crippen molar-refractivity contribution in [3.05, 3.63) is 59.4 Å². The zero-order valence-electron chi connectivity index (χ0n) is 14.7. The van der Waals surface area contributed by atoms with Crippen LogP contribution in [0.4, 0.5) is 21.0 Å². The first kappa shape index (κ1) is 19.3. The van der Waals surface area contributed by atoms with Crippen molar-refractivity contribution in [3.63, 3.8) is 0 Å². The molecule has 0 aliphatic carbocycles. The average Bonchev–Trinajstić information content (AvgIpc) is 3.21. The topological polar surface area (TPSA) is 165 Å². The quantitative estimate of drug-likeness (QED) is 0.199. The number of rotatable bonds is 4. The van der Waals surface area contributed by atoms with Gasteiger partial charge in [0.2, 0.25) is 0 Å². The van der Waals surface area contributed by atoms with Crippen LogP contribution in [0, 0.1) is 0 Å². The Morgan fingerprint density at radius 3 is 2.11 bits per heavy atom. The van der Waals surface area contributed by atoms with Gasteiger partial charge in [0, 0.05) is 11.1 Å². The number of phenols is 1. The zero-order valence-corrected chi connectivity index (χ0v) is 15.6. The van der Waals surface area contributed by atoms with Gasteiger partial charge in [-0.2, -0.15) is 10.9 Å². The molecule has 4 amide bonds. The molecule has 9 nitrogen and oxygen atoms in total. The Morgan fingerprint density at radius 1 is 0.857 bits per heavy atom. The van der Waals surface area contributed by atoms with Crippen LogP contribution in [0.3, 0.4) is 0 Å². The molecule has 2 aromatic carbocycles. The minimum absolute atomic E-state index is 0.0372. The molecule has 0 aromatic heterocycles. The van der Waals surface area contributed by atoms with E-state index >= 15 is 0 Å². The molecule has 0 radical (unpaired) electrons. The van der Waals surface area contributed by atoms with Crippen molar-refractivity contribution in [2.45, 2.75) is 4.90 Å². The lowest BCUT2D eigenvalue weighted by Gasteiger charge is -2.22. The normalized spacial score (nSPS) is 13.6. The Bertz CT molecular complexity index is 995. The van der Waals surface area contributed by atoms with Crippen molar-refractivity contribution >= 4 is 34.3 Å². The number of carbonyl (C=O) groups is 2. The first-order chi connectivity index (χ1) is 13.3. The summed E-state index contributed by atoms with van der Waals surface area (Å²) in [6.45, 7) is 0. The molecule has 0 saturated heterocycles. The molecule has 28 heavy (non-hydrogen) atoms. The van der Waals surface area contributed by atoms with Crippen molar-refractivity contribution in [3.8, 4) is 16.9 Å². The van der Waals surface area contributed by atoms with Gasteiger partial charge in [-0.15, -0.1) is 0 Å². The number of hydrogen-bond acceptors (Lipinski definition) is 5. The smallest absolute Gasteiger partial charge is 0.333 e. The van der Waals surface area contributed by atoms with Crippen LogP contribution >= 0.6 is 10.9 Å². The van der Waals surface area contributed by atoms with Gasteiger partial charge in [-0.05, 0) is 52.1 Å². The second-order valence-electron chi connectivity index (χ2n) is 5.91. The van der Waals surface area contributed by atoms with E-state index in [0.717, 1.165) is 14.9 Å². The number of nitrogens with zero attached hydrogens (tertiary/aromatic N) is 2. The third kappa shape index (κ3) is 3.64. The van der Waals surface area contributed by atoms with Crippen LogP contribution < -0.4 is 33.2 Å². The monoisotopic (exact) mass is 400 g/mol. The number of urea groups is 2. The lowest BCUT2D eigenvalue weighted by molar-refractivity contribution is 0.253. The largest absolute Gasteiger partial charge is 0.507 e. The van der Waals surface area contributed by atoms with Crippen molar-refractivity contribution in [1.29, 1.82) is 0 Å². The van der Waals surface area contributed by atoms with Gasteiger partial charge in [0.05, 0.1) is 11.4 Å². The zero-order chi connectivity index (χ0) is 20.4. The first-order valence-corrected chi connectivity index (χ1v) is 9.57. The maximum absolute atomic E-state index is 11.6. The number of allylic oxidation sites excluding steroid dienone is 2. The molecule has 0 saturated carbocycles. The highest BCUT2D eigenvalue weighted by molar-refractivity contribution is 8.22. The second kappa shape index (κ2) is 7.64. The van der Waals surface area contributed by atoms with E-state index in [1.807, 2.05) is 18.2 Å². The molecule has 0 bridgehead atoms. The van der Waals surface area contributed by atoms with Crippen LogP contribution in [0.25, 0.3) is 11.1 Å². The number of phenolic OH excluding ortho intramolecular Hbond substituents is 1. The standard InChI is InChI=1S/C18H20N6O3S/c19-17(26)23(21)11-3-5-15(24(22)18(20)27)13(9-11)14-10-12(4-6-16(14)25)28-7-1-2-8-28/h1-10,25,28H,21-22H2,(H2,19,26)(H2,20,27). The Morgan fingerprint density at radius 2 is 1.50 bits per heavy atom. The molecular formula is C18H20N6O3S. The number of amides is 4. The summed E-state index contributed by atoms with van der Waals surface area (Å²) < 4.78 is 0. The number of hydrogen-bond donors (Lipinski definition) is 6. The van der Waals surface area contributed by atoms with E-state index in [9.17, 15) is 14.7 Å². The van der Waals surface area contributed by atoms with E-state index in [2.05, 4.69) is 10.8 Å². The molecule has 0 unspecified atom stereocenters. The van der Waals surface area contributed by atoms with Gasteiger partial charge >= 0.3 is 12.1 Å². The fourth-order valence-electron chi connectivity index (χ4n) is 2.75. The third-order valence-electron chi connectivity index (χ3n) is 4.17. The van der Waals surface area contributed by atoms with Crippen LogP contribution in [0.15, 0.2) is 64.3 Å². The van der Waals surface area contributed by atoms with Gasteiger partial charge < -0.3 is 16.6 Å². The summed E-state index contributed by atoms with van der Waals surface area (Å²) in [5.74, 6) is 11.4. The maximum atomic E-state index is 11.6. The van der Waals surface area contributed by atoms with Crippen LogP contribution in [0.2, 0.25) is 0 Å². The molecule has 9 N–H and O–H groups in total. The number of carbonyl (C=O) groups excluding carboxylic acids is 2. The van der Waals surface area contributed by atoms with E-state index in [4.69, 9.17) is 23.2 Å². The summed E-state index contributed by atoms with van der Waals surface area (Å²) in [6.07, 6.45) is 3.91. The second-order valence-corrected chi connectivity index (χ2v) is 7.84. The average molecular weight is 400 g/mol. The summed E-state index contributed by atoms with van der Waals surface area (Å²) >= 11 is 0. The lowest BCUT2D eigenvalue weighted by atomic mass is 10.0. The Hall–Kier alpha value is -3.47. The molecule has 1 heterocycles. The van der Waals surface area contributed by atoms with E-state index in [0.29, 0.717) is 11.1 Å². The SMILES string of the molecule is NC(=O)N(N)c1ccc(N(N)C(N)=O)c(-c2cc([SH]3C=CC=C3)ccc2O)c1. The number of hydrazine groups is 2. The fourth-order valence-corrected chi connectivity index (χ4v) is 4.29. The predicted octanol–water partition coefficient (Wildman–Crippen LogP) is 1.98. The van der Waals surface area contributed by atoms with Gasteiger partial charge in [0.15, 0.2) is 0 Å². The van der Waals surface area contributed by atoms with E-state index in [1.165, 1.54) is 18.2 Å². The summed E-state index contributed by atoms with van der Waals surface area (Å²) in [5.41, 5.74) is 11.8. The highest BCUT2D eigenvalue weighted by Crippen LogP contribution is 2.46. The van der Waals surface area contributed by atoms with Crippen molar-refractivity contribution in [1.82, 2.24) is 0 Å². The van der Waals surface area contributed by atoms with Crippen LogP contribution in [-0.2, 0) is 0 Å². The maximum Gasteiger partial charge on any atom is 0.333 e. The summed E-state index contributed by atoms with van der Waals surface area (Å²) in [5, 5.41) is 16.1. The van der Waals surface area contributed by atoms with Gasteiger partial charge in [0.25, 0.3) is 0 Å². The Kier molecular flexibility index (Phi) is 5.27. The molecule has 1 aliphatic heterocycles. The van der Waals surface area contributed by atoms with Gasteiger partial charge in [-0.3, -0.25) is 0 Å². The third-order valence-corrected chi connectivity index (χ3v) is 6.03. The molecule has 2 aromatic rings. The Balaban J connectivity index is 2.20. The van der Waals surface area contributed by atoms with Crippen molar-refractivity contribution in [2.75, 3.05) is 10.0 Å². The van der Waals surface area contributed by atoms with E-state index in [-0.39, 0.29) is 17.1 Å². The van der Waals surface area contributed by atoms with Crippen LogP contribution in [0.1, 0.15) is 0 Å².